The Bertz CT molecular complexity index is 752. The van der Waals surface area contributed by atoms with E-state index in [-0.39, 0.29) is 0 Å². The average molecular weight is 313 g/mol. The summed E-state index contributed by atoms with van der Waals surface area (Å²) in [6.45, 7) is 6.26. The number of aromatic nitrogens is 2. The molecule has 0 saturated heterocycles. The van der Waals surface area contributed by atoms with Gasteiger partial charge in [0.25, 0.3) is 0 Å². The van der Waals surface area contributed by atoms with Crippen LogP contribution in [-0.4, -0.2) is 16.6 Å². The van der Waals surface area contributed by atoms with Gasteiger partial charge in [0.1, 0.15) is 17.0 Å². The van der Waals surface area contributed by atoms with Crippen LogP contribution in [0, 0.1) is 6.92 Å². The summed E-state index contributed by atoms with van der Waals surface area (Å²) in [6.07, 6.45) is 1.62. The largest absolute Gasteiger partial charge is 0.377 e. The van der Waals surface area contributed by atoms with Crippen LogP contribution in [0.5, 0.6) is 0 Å². The molecule has 0 amide bonds. The molecule has 4 nitrogen and oxygen atoms in total. The van der Waals surface area contributed by atoms with E-state index in [1.807, 2.05) is 6.92 Å². The van der Waals surface area contributed by atoms with Crippen molar-refractivity contribution in [2.45, 2.75) is 27.0 Å². The fraction of sp³-hybridized carbons (Fsp3) is 0.294. The van der Waals surface area contributed by atoms with Gasteiger partial charge < -0.3 is 10.1 Å². The van der Waals surface area contributed by atoms with Gasteiger partial charge >= 0.3 is 0 Å². The van der Waals surface area contributed by atoms with Gasteiger partial charge in [-0.3, -0.25) is 0 Å². The van der Waals surface area contributed by atoms with Gasteiger partial charge in [0.2, 0.25) is 0 Å². The molecule has 114 valence electrons. The lowest BCUT2D eigenvalue weighted by molar-refractivity contribution is 0.134. The summed E-state index contributed by atoms with van der Waals surface area (Å²) in [5.41, 5.74) is 2.42. The van der Waals surface area contributed by atoms with Crippen LogP contribution in [-0.2, 0) is 17.9 Å². The maximum Gasteiger partial charge on any atom is 0.138 e. The van der Waals surface area contributed by atoms with Crippen LogP contribution in [0.1, 0.15) is 22.9 Å². The molecule has 0 aliphatic rings. The minimum absolute atomic E-state index is 0.672. The van der Waals surface area contributed by atoms with Crippen molar-refractivity contribution in [3.8, 4) is 0 Å². The number of benzene rings is 1. The molecule has 1 aromatic carbocycles. The van der Waals surface area contributed by atoms with Crippen molar-refractivity contribution < 1.29 is 4.74 Å². The number of ether oxygens (including phenoxy) is 1. The zero-order valence-corrected chi connectivity index (χ0v) is 13.6. The smallest absolute Gasteiger partial charge is 0.138 e. The molecule has 0 atom stereocenters. The van der Waals surface area contributed by atoms with E-state index in [1.165, 1.54) is 16.0 Å². The molecule has 3 rings (SSSR count). The summed E-state index contributed by atoms with van der Waals surface area (Å²) in [6, 6.07) is 10.6. The SMILES string of the molecule is CCOCc1ccc(CNc2ncnc3sc(C)cc23)cc1. The average Bonchev–Trinajstić information content (AvgIpc) is 2.92. The van der Waals surface area contributed by atoms with Crippen LogP contribution < -0.4 is 5.32 Å². The van der Waals surface area contributed by atoms with Crippen LogP contribution in [0.4, 0.5) is 5.82 Å². The number of nitrogens with one attached hydrogen (secondary N) is 1. The first-order valence-corrected chi connectivity index (χ1v) is 8.18. The molecule has 0 saturated carbocycles. The van der Waals surface area contributed by atoms with Crippen LogP contribution in [0.15, 0.2) is 36.7 Å². The van der Waals surface area contributed by atoms with Crippen molar-refractivity contribution in [3.63, 3.8) is 0 Å². The molecule has 0 unspecified atom stereocenters. The molecule has 0 radical (unpaired) electrons. The highest BCUT2D eigenvalue weighted by molar-refractivity contribution is 7.18. The minimum Gasteiger partial charge on any atom is -0.377 e. The molecule has 2 heterocycles. The summed E-state index contributed by atoms with van der Waals surface area (Å²) in [4.78, 5) is 10.9. The van der Waals surface area contributed by atoms with Gasteiger partial charge in [-0.1, -0.05) is 24.3 Å². The van der Waals surface area contributed by atoms with Crippen molar-refractivity contribution in [1.82, 2.24) is 9.97 Å². The highest BCUT2D eigenvalue weighted by Crippen LogP contribution is 2.27. The van der Waals surface area contributed by atoms with Crippen molar-refractivity contribution in [3.05, 3.63) is 52.7 Å². The maximum atomic E-state index is 5.41. The number of hydrogen-bond acceptors (Lipinski definition) is 5. The van der Waals surface area contributed by atoms with E-state index < -0.39 is 0 Å². The van der Waals surface area contributed by atoms with Crippen LogP contribution in [0.2, 0.25) is 0 Å². The van der Waals surface area contributed by atoms with E-state index >= 15 is 0 Å². The molecular weight excluding hydrogens is 294 g/mol. The van der Waals surface area contributed by atoms with E-state index in [0.29, 0.717) is 6.61 Å². The first kappa shape index (κ1) is 14.9. The van der Waals surface area contributed by atoms with Gasteiger partial charge in [0, 0.05) is 18.0 Å². The number of hydrogen-bond donors (Lipinski definition) is 1. The van der Waals surface area contributed by atoms with Crippen molar-refractivity contribution in [2.75, 3.05) is 11.9 Å². The molecular formula is C17H19N3OS. The number of anilines is 1. The Balaban J connectivity index is 1.68. The molecule has 0 spiro atoms. The monoisotopic (exact) mass is 313 g/mol. The fourth-order valence-electron chi connectivity index (χ4n) is 2.28. The van der Waals surface area contributed by atoms with Gasteiger partial charge in [-0.25, -0.2) is 9.97 Å². The Labute approximate surface area is 134 Å². The molecule has 0 fully saturated rings. The number of nitrogens with zero attached hydrogens (tertiary/aromatic N) is 2. The number of fused-ring (bicyclic) bond motifs is 1. The van der Waals surface area contributed by atoms with Gasteiger partial charge in [-0.05, 0) is 31.0 Å². The zero-order chi connectivity index (χ0) is 15.4. The predicted molar refractivity (Wildman–Crippen MR) is 91.3 cm³/mol. The second kappa shape index (κ2) is 6.85. The lowest BCUT2D eigenvalue weighted by Gasteiger charge is -2.07. The highest BCUT2D eigenvalue weighted by atomic mass is 32.1. The normalized spacial score (nSPS) is 11.0. The molecule has 22 heavy (non-hydrogen) atoms. The second-order valence-electron chi connectivity index (χ2n) is 5.11. The summed E-state index contributed by atoms with van der Waals surface area (Å²) in [5.74, 6) is 0.896. The Kier molecular flexibility index (Phi) is 4.65. The summed E-state index contributed by atoms with van der Waals surface area (Å²) >= 11 is 1.69. The second-order valence-corrected chi connectivity index (χ2v) is 6.34. The van der Waals surface area contributed by atoms with E-state index in [0.717, 1.165) is 29.2 Å². The fourth-order valence-corrected chi connectivity index (χ4v) is 3.12. The third-order valence-corrected chi connectivity index (χ3v) is 4.37. The predicted octanol–water partition coefficient (Wildman–Crippen LogP) is 4.15. The lowest BCUT2D eigenvalue weighted by Crippen LogP contribution is -2.02. The van der Waals surface area contributed by atoms with Crippen LogP contribution in [0.25, 0.3) is 10.2 Å². The van der Waals surface area contributed by atoms with Crippen molar-refractivity contribution in [1.29, 1.82) is 0 Å². The molecule has 0 bridgehead atoms. The topological polar surface area (TPSA) is 47.0 Å². The number of rotatable bonds is 6. The Hall–Kier alpha value is -1.98. The summed E-state index contributed by atoms with van der Waals surface area (Å²) < 4.78 is 5.41. The molecule has 5 heteroatoms. The standard InChI is InChI=1S/C17H19N3OS/c1-3-21-10-14-6-4-13(5-7-14)9-18-16-15-8-12(2)22-17(15)20-11-19-16/h4-8,11H,3,9-10H2,1-2H3,(H,18,19,20). The first-order chi connectivity index (χ1) is 10.8. The van der Waals surface area contributed by atoms with Crippen molar-refractivity contribution in [2.24, 2.45) is 0 Å². The van der Waals surface area contributed by atoms with Gasteiger partial charge in [-0.15, -0.1) is 11.3 Å². The van der Waals surface area contributed by atoms with Gasteiger partial charge in [-0.2, -0.15) is 0 Å². The van der Waals surface area contributed by atoms with Crippen LogP contribution in [0.3, 0.4) is 0 Å². The third kappa shape index (κ3) is 3.43. The zero-order valence-electron chi connectivity index (χ0n) is 12.8. The van der Waals surface area contributed by atoms with Crippen LogP contribution >= 0.6 is 11.3 Å². The van der Waals surface area contributed by atoms with E-state index in [1.54, 1.807) is 17.7 Å². The van der Waals surface area contributed by atoms with Gasteiger partial charge in [0.05, 0.1) is 12.0 Å². The van der Waals surface area contributed by atoms with E-state index in [4.69, 9.17) is 4.74 Å². The quantitative estimate of drug-likeness (QED) is 0.742. The first-order valence-electron chi connectivity index (χ1n) is 7.37. The Morgan fingerprint density at radius 3 is 2.68 bits per heavy atom. The minimum atomic E-state index is 0.672. The molecule has 3 aromatic rings. The molecule has 0 aliphatic heterocycles. The number of aryl methyl sites for hydroxylation is 1. The molecule has 0 aliphatic carbocycles. The maximum absolute atomic E-state index is 5.41. The lowest BCUT2D eigenvalue weighted by atomic mass is 10.1. The number of thiophene rings is 1. The Morgan fingerprint density at radius 1 is 1.14 bits per heavy atom. The van der Waals surface area contributed by atoms with E-state index in [2.05, 4.69) is 52.5 Å². The molecule has 1 N–H and O–H groups in total. The highest BCUT2D eigenvalue weighted by Gasteiger charge is 2.06. The third-order valence-electron chi connectivity index (χ3n) is 3.41. The van der Waals surface area contributed by atoms with Gasteiger partial charge in [0.15, 0.2) is 0 Å². The molecule has 2 aromatic heterocycles. The van der Waals surface area contributed by atoms with E-state index in [9.17, 15) is 0 Å². The summed E-state index contributed by atoms with van der Waals surface area (Å²) in [5, 5.41) is 4.50. The Morgan fingerprint density at radius 2 is 1.91 bits per heavy atom. The summed E-state index contributed by atoms with van der Waals surface area (Å²) in [7, 11) is 0. The van der Waals surface area contributed by atoms with Crippen molar-refractivity contribution >= 4 is 27.4 Å².